The third-order valence-electron chi connectivity index (χ3n) is 3.06. The van der Waals surface area contributed by atoms with Crippen molar-refractivity contribution in [3.63, 3.8) is 0 Å². The number of aromatic amines is 1. The first-order chi connectivity index (χ1) is 9.13. The summed E-state index contributed by atoms with van der Waals surface area (Å²) in [6, 6.07) is 5.57. The molecule has 0 aliphatic heterocycles. The molecule has 1 aromatic heterocycles. The van der Waals surface area contributed by atoms with E-state index < -0.39 is 0 Å². The number of aromatic nitrogens is 1. The van der Waals surface area contributed by atoms with Gasteiger partial charge >= 0.3 is 0 Å². The second-order valence-corrected chi connectivity index (χ2v) is 4.85. The maximum atomic E-state index is 12.1. The summed E-state index contributed by atoms with van der Waals surface area (Å²) in [6.07, 6.45) is 0.799. The standard InChI is InChI=1S/C14H17ClN2O2/c1-9-11-5-4-10(15)8-12(11)17-13(9)14(18)16-6-3-7-19-2/h4-5,8,17H,3,6-7H2,1-2H3,(H,16,18). The van der Waals surface area contributed by atoms with Crippen molar-refractivity contribution in [2.45, 2.75) is 13.3 Å². The van der Waals surface area contributed by atoms with Crippen molar-refractivity contribution in [3.8, 4) is 0 Å². The van der Waals surface area contributed by atoms with Gasteiger partial charge in [0, 0.05) is 36.2 Å². The topological polar surface area (TPSA) is 54.1 Å². The molecule has 0 unspecified atom stereocenters. The molecule has 0 bridgehead atoms. The number of carbonyl (C=O) groups is 1. The summed E-state index contributed by atoms with van der Waals surface area (Å²) in [4.78, 5) is 15.2. The lowest BCUT2D eigenvalue weighted by molar-refractivity contribution is 0.0944. The predicted molar refractivity (Wildman–Crippen MR) is 76.9 cm³/mol. The van der Waals surface area contributed by atoms with E-state index in [1.165, 1.54) is 0 Å². The molecule has 0 saturated carbocycles. The average Bonchev–Trinajstić information content (AvgIpc) is 2.71. The Bertz CT molecular complexity index is 592. The summed E-state index contributed by atoms with van der Waals surface area (Å²) < 4.78 is 4.94. The van der Waals surface area contributed by atoms with Gasteiger partial charge in [-0.15, -0.1) is 0 Å². The number of amides is 1. The molecular formula is C14H17ClN2O2. The summed E-state index contributed by atoms with van der Waals surface area (Å²) in [5, 5.41) is 4.54. The molecule has 2 N–H and O–H groups in total. The van der Waals surface area contributed by atoms with Crippen molar-refractivity contribution in [3.05, 3.63) is 34.5 Å². The highest BCUT2D eigenvalue weighted by molar-refractivity contribution is 6.31. The van der Waals surface area contributed by atoms with Crippen LogP contribution in [0.15, 0.2) is 18.2 Å². The number of H-pyrrole nitrogens is 1. The first-order valence-electron chi connectivity index (χ1n) is 6.18. The van der Waals surface area contributed by atoms with Crippen molar-refractivity contribution in [2.24, 2.45) is 0 Å². The van der Waals surface area contributed by atoms with Crippen LogP contribution in [0.1, 0.15) is 22.5 Å². The van der Waals surface area contributed by atoms with Gasteiger partial charge in [-0.25, -0.2) is 0 Å². The fourth-order valence-electron chi connectivity index (χ4n) is 2.04. The van der Waals surface area contributed by atoms with Crippen LogP contribution in [0.4, 0.5) is 0 Å². The monoisotopic (exact) mass is 280 g/mol. The van der Waals surface area contributed by atoms with Crippen LogP contribution in [0.2, 0.25) is 5.02 Å². The summed E-state index contributed by atoms with van der Waals surface area (Å²) in [5.74, 6) is -0.0964. The Labute approximate surface area is 117 Å². The fraction of sp³-hybridized carbons (Fsp3) is 0.357. The molecule has 0 spiro atoms. The van der Waals surface area contributed by atoms with E-state index in [4.69, 9.17) is 16.3 Å². The van der Waals surface area contributed by atoms with Crippen LogP contribution in [0.25, 0.3) is 10.9 Å². The Morgan fingerprint density at radius 2 is 2.26 bits per heavy atom. The lowest BCUT2D eigenvalue weighted by Crippen LogP contribution is -2.26. The van der Waals surface area contributed by atoms with Crippen LogP contribution in [0.3, 0.4) is 0 Å². The third kappa shape index (κ3) is 3.08. The zero-order chi connectivity index (χ0) is 13.8. The predicted octanol–water partition coefficient (Wildman–Crippen LogP) is 2.90. The Balaban J connectivity index is 2.15. The zero-order valence-corrected chi connectivity index (χ0v) is 11.8. The molecule has 19 heavy (non-hydrogen) atoms. The Kier molecular flexibility index (Phi) is 4.45. The normalized spacial score (nSPS) is 10.9. The van der Waals surface area contributed by atoms with Gasteiger partial charge in [-0.05, 0) is 31.0 Å². The summed E-state index contributed by atoms with van der Waals surface area (Å²) in [5.41, 5.74) is 2.41. The Morgan fingerprint density at radius 1 is 1.47 bits per heavy atom. The first-order valence-corrected chi connectivity index (χ1v) is 6.56. The molecule has 2 rings (SSSR count). The average molecular weight is 281 g/mol. The highest BCUT2D eigenvalue weighted by atomic mass is 35.5. The molecule has 5 heteroatoms. The van der Waals surface area contributed by atoms with Gasteiger partial charge in [-0.1, -0.05) is 17.7 Å². The van der Waals surface area contributed by atoms with Crippen molar-refractivity contribution in [1.82, 2.24) is 10.3 Å². The van der Waals surface area contributed by atoms with E-state index in [9.17, 15) is 4.79 Å². The van der Waals surface area contributed by atoms with Crippen LogP contribution in [-0.2, 0) is 4.74 Å². The molecule has 0 saturated heterocycles. The summed E-state index contributed by atoms with van der Waals surface area (Å²) >= 11 is 5.94. The van der Waals surface area contributed by atoms with E-state index in [0.717, 1.165) is 22.9 Å². The van der Waals surface area contributed by atoms with Crippen molar-refractivity contribution >= 4 is 28.4 Å². The summed E-state index contributed by atoms with van der Waals surface area (Å²) in [6.45, 7) is 3.17. The summed E-state index contributed by atoms with van der Waals surface area (Å²) in [7, 11) is 1.65. The van der Waals surface area contributed by atoms with Crippen LogP contribution >= 0.6 is 11.6 Å². The van der Waals surface area contributed by atoms with Gasteiger partial charge in [0.2, 0.25) is 0 Å². The molecule has 4 nitrogen and oxygen atoms in total. The number of halogens is 1. The highest BCUT2D eigenvalue weighted by Gasteiger charge is 2.14. The lowest BCUT2D eigenvalue weighted by atomic mass is 10.1. The number of fused-ring (bicyclic) bond motifs is 1. The van der Waals surface area contributed by atoms with Crippen molar-refractivity contribution in [2.75, 3.05) is 20.3 Å². The number of hydrogen-bond donors (Lipinski definition) is 2. The molecular weight excluding hydrogens is 264 g/mol. The Morgan fingerprint density at radius 3 is 3.00 bits per heavy atom. The number of ether oxygens (including phenoxy) is 1. The number of nitrogens with one attached hydrogen (secondary N) is 2. The first kappa shape index (κ1) is 13.9. The van der Waals surface area contributed by atoms with Gasteiger partial charge in [0.1, 0.15) is 5.69 Å². The quantitative estimate of drug-likeness (QED) is 0.828. The largest absolute Gasteiger partial charge is 0.385 e. The molecule has 0 radical (unpaired) electrons. The van der Waals surface area contributed by atoms with Gasteiger partial charge in [-0.3, -0.25) is 4.79 Å². The minimum atomic E-state index is -0.0964. The number of methoxy groups -OCH3 is 1. The van der Waals surface area contributed by atoms with E-state index in [1.54, 1.807) is 7.11 Å². The van der Waals surface area contributed by atoms with E-state index in [2.05, 4.69) is 10.3 Å². The van der Waals surface area contributed by atoms with Crippen LogP contribution in [0, 0.1) is 6.92 Å². The van der Waals surface area contributed by atoms with Gasteiger partial charge < -0.3 is 15.0 Å². The molecule has 0 aliphatic rings. The van der Waals surface area contributed by atoms with Crippen LogP contribution in [-0.4, -0.2) is 31.2 Å². The molecule has 2 aromatic rings. The maximum Gasteiger partial charge on any atom is 0.268 e. The molecule has 1 heterocycles. The lowest BCUT2D eigenvalue weighted by Gasteiger charge is -2.04. The van der Waals surface area contributed by atoms with Gasteiger partial charge in [0.15, 0.2) is 0 Å². The minimum absolute atomic E-state index is 0.0964. The van der Waals surface area contributed by atoms with Crippen molar-refractivity contribution < 1.29 is 9.53 Å². The zero-order valence-electron chi connectivity index (χ0n) is 11.0. The second kappa shape index (κ2) is 6.08. The molecule has 1 amide bonds. The van der Waals surface area contributed by atoms with Gasteiger partial charge in [0.25, 0.3) is 5.91 Å². The molecule has 0 fully saturated rings. The van der Waals surface area contributed by atoms with E-state index in [1.807, 2.05) is 25.1 Å². The number of aryl methyl sites for hydroxylation is 1. The third-order valence-corrected chi connectivity index (χ3v) is 3.29. The van der Waals surface area contributed by atoms with E-state index in [0.29, 0.717) is 23.9 Å². The highest BCUT2D eigenvalue weighted by Crippen LogP contribution is 2.24. The SMILES string of the molecule is COCCCNC(=O)c1[nH]c2cc(Cl)ccc2c1C. The number of benzene rings is 1. The van der Waals surface area contributed by atoms with Crippen LogP contribution < -0.4 is 5.32 Å². The van der Waals surface area contributed by atoms with E-state index in [-0.39, 0.29) is 5.91 Å². The maximum absolute atomic E-state index is 12.1. The smallest absolute Gasteiger partial charge is 0.268 e. The molecule has 102 valence electrons. The minimum Gasteiger partial charge on any atom is -0.385 e. The number of carbonyl (C=O) groups excluding carboxylic acids is 1. The van der Waals surface area contributed by atoms with Gasteiger partial charge in [0.05, 0.1) is 0 Å². The fourth-order valence-corrected chi connectivity index (χ4v) is 2.22. The van der Waals surface area contributed by atoms with Gasteiger partial charge in [-0.2, -0.15) is 0 Å². The number of hydrogen-bond acceptors (Lipinski definition) is 2. The molecule has 1 aromatic carbocycles. The van der Waals surface area contributed by atoms with E-state index >= 15 is 0 Å². The number of rotatable bonds is 5. The van der Waals surface area contributed by atoms with Crippen molar-refractivity contribution in [1.29, 1.82) is 0 Å². The second-order valence-electron chi connectivity index (χ2n) is 4.42. The Hall–Kier alpha value is -1.52. The molecule has 0 atom stereocenters. The van der Waals surface area contributed by atoms with Crippen LogP contribution in [0.5, 0.6) is 0 Å². The molecule has 0 aliphatic carbocycles.